The number of carbonyl (C=O) groups excluding carboxylic acids is 1. The van der Waals surface area contributed by atoms with Crippen LogP contribution in [0.5, 0.6) is 0 Å². The highest BCUT2D eigenvalue weighted by Gasteiger charge is 2.28. The van der Waals surface area contributed by atoms with Gasteiger partial charge < -0.3 is 24.3 Å². The van der Waals surface area contributed by atoms with Gasteiger partial charge in [-0.3, -0.25) is 13.5 Å². The lowest BCUT2D eigenvalue weighted by Crippen LogP contribution is -2.37. The minimum absolute atomic E-state index is 0.827. The van der Waals surface area contributed by atoms with Gasteiger partial charge in [0.25, 0.3) is 0 Å². The molecule has 32 heavy (non-hydrogen) atoms. The van der Waals surface area contributed by atoms with Gasteiger partial charge in [0.05, 0.1) is 38.9 Å². The van der Waals surface area contributed by atoms with Crippen molar-refractivity contribution < 1.29 is 49.6 Å². The maximum absolute atomic E-state index is 10.5. The van der Waals surface area contributed by atoms with Crippen molar-refractivity contribution in [3.8, 4) is 0 Å². The third-order valence-corrected chi connectivity index (χ3v) is 4.09. The van der Waals surface area contributed by atoms with E-state index in [1.54, 1.807) is 0 Å². The lowest BCUT2D eigenvalue weighted by molar-refractivity contribution is -0.808. The molecule has 0 aromatic heterocycles. The Kier molecular flexibility index (Phi) is 13.1. The Balaban J connectivity index is 0. The first-order valence-corrected chi connectivity index (χ1v) is 10.5. The molecule has 0 radical (unpaired) electrons. The van der Waals surface area contributed by atoms with E-state index >= 15 is 0 Å². The summed E-state index contributed by atoms with van der Waals surface area (Å²) < 4.78 is 66.0. The van der Waals surface area contributed by atoms with Gasteiger partial charge in [0.1, 0.15) is 18.4 Å². The van der Waals surface area contributed by atoms with E-state index in [9.17, 15) is 13.2 Å². The van der Waals surface area contributed by atoms with Crippen molar-refractivity contribution in [1.29, 1.82) is 0 Å². The fourth-order valence-electron chi connectivity index (χ4n) is 2.11. The van der Waals surface area contributed by atoms with Crippen LogP contribution in [-0.2, 0) is 15.2 Å². The molecule has 0 saturated carbocycles. The third kappa shape index (κ3) is 15.4. The number of alkyl halides is 3. The average Bonchev–Trinajstić information content (AvgIpc) is 3.24. The van der Waals surface area contributed by atoms with Crippen LogP contribution in [0.1, 0.15) is 13.8 Å². The summed E-state index contributed by atoms with van der Waals surface area (Å²) in [6, 6.07) is 0. The minimum Gasteiger partial charge on any atom is -0.726 e. The lowest BCUT2D eigenvalue weighted by atomic mass is 10.6. The minimum atomic E-state index is -5.19. The fourth-order valence-corrected chi connectivity index (χ4v) is 2.11. The van der Waals surface area contributed by atoms with Gasteiger partial charge >= 0.3 is 6.18 Å². The fraction of sp³-hybridized carbons (Fsp3) is 0.500. The van der Waals surface area contributed by atoms with Crippen molar-refractivity contribution in [3.63, 3.8) is 0 Å². The van der Waals surface area contributed by atoms with Crippen LogP contribution in [0.3, 0.4) is 0 Å². The first-order valence-electron chi connectivity index (χ1n) is 9.15. The van der Waals surface area contributed by atoms with Crippen LogP contribution in [-0.4, -0.2) is 89.0 Å². The van der Waals surface area contributed by atoms with E-state index < -0.39 is 22.5 Å². The summed E-state index contributed by atoms with van der Waals surface area (Å²) in [5.41, 5.74) is 0. The molecule has 2 aliphatic heterocycles. The van der Waals surface area contributed by atoms with Crippen LogP contribution in [0.25, 0.3) is 0 Å². The lowest BCUT2D eigenvalue weighted by Gasteiger charge is -2.23. The SMILES string of the molecule is C=C[N+]1(C)C=CN(CC)C1.C=C[N+]1(C)C=CN(CC)C1.O=C([O-])C(F)(F)F.O=S(=O)([O-])O. The highest BCUT2D eigenvalue weighted by Crippen LogP contribution is 2.15. The van der Waals surface area contributed by atoms with Crippen LogP contribution in [0.2, 0.25) is 0 Å². The summed E-state index contributed by atoms with van der Waals surface area (Å²) >= 11 is 0. The quantitative estimate of drug-likeness (QED) is 0.353. The molecule has 0 amide bonds. The van der Waals surface area contributed by atoms with Gasteiger partial charge in [-0.2, -0.15) is 13.2 Å². The van der Waals surface area contributed by atoms with Gasteiger partial charge in [-0.15, -0.1) is 0 Å². The summed E-state index contributed by atoms with van der Waals surface area (Å²) in [7, 11) is -0.641. The summed E-state index contributed by atoms with van der Waals surface area (Å²) in [6.45, 7) is 16.1. The van der Waals surface area contributed by atoms with Crippen molar-refractivity contribution in [2.45, 2.75) is 20.0 Å². The Hall–Kier alpha value is -2.39. The molecule has 0 spiro atoms. The van der Waals surface area contributed by atoms with E-state index in [2.05, 4.69) is 75.7 Å². The zero-order valence-corrected chi connectivity index (χ0v) is 19.3. The molecule has 0 aliphatic carbocycles. The predicted molar refractivity (Wildman–Crippen MR) is 109 cm³/mol. The van der Waals surface area contributed by atoms with Crippen LogP contribution < -0.4 is 5.11 Å². The van der Waals surface area contributed by atoms with Crippen molar-refractivity contribution >= 4 is 16.4 Å². The van der Waals surface area contributed by atoms with Gasteiger partial charge in [-0.1, -0.05) is 0 Å². The van der Waals surface area contributed by atoms with E-state index in [0.29, 0.717) is 0 Å². The summed E-state index contributed by atoms with van der Waals surface area (Å²) in [6.07, 6.45) is 7.26. The standard InChI is InChI=1S/2C8H15N2.C2HF3O2.H2O4S/c2*1-4-9-6-7-10(3,5-2)8-9;3-2(4,5)1(6)7;1-5(2,3)4/h2*5-7H,2,4,8H2,1,3H3;(H,6,7);(H2,1,2,3,4)/q2*+1;;/p-2. The van der Waals surface area contributed by atoms with Gasteiger partial charge in [0, 0.05) is 13.1 Å². The van der Waals surface area contributed by atoms with Crippen LogP contribution >= 0.6 is 0 Å². The maximum Gasteiger partial charge on any atom is 0.430 e. The monoisotopic (exact) mass is 488 g/mol. The number of nitrogens with zero attached hydrogens (tertiary/aromatic N) is 4. The molecule has 2 unspecified atom stereocenters. The highest BCUT2D eigenvalue weighted by molar-refractivity contribution is 7.79. The maximum atomic E-state index is 10.5. The Morgan fingerprint density at radius 2 is 1.31 bits per heavy atom. The van der Waals surface area contributed by atoms with Crippen LogP contribution in [0.4, 0.5) is 13.2 Å². The van der Waals surface area contributed by atoms with Crippen molar-refractivity contribution in [2.75, 3.05) is 40.5 Å². The number of halogens is 3. The van der Waals surface area contributed by atoms with Crippen molar-refractivity contribution in [1.82, 2.24) is 9.80 Å². The van der Waals surface area contributed by atoms with Gasteiger partial charge in [0.2, 0.25) is 10.4 Å². The second-order valence-corrected chi connectivity index (χ2v) is 7.82. The van der Waals surface area contributed by atoms with E-state index in [0.717, 1.165) is 35.4 Å². The third-order valence-electron chi connectivity index (χ3n) is 4.09. The van der Waals surface area contributed by atoms with E-state index in [-0.39, 0.29) is 0 Å². The number of quaternary nitrogens is 2. The molecule has 10 nitrogen and oxygen atoms in total. The number of aliphatic carboxylic acids is 1. The first-order chi connectivity index (χ1) is 14.3. The van der Waals surface area contributed by atoms with E-state index in [4.69, 9.17) is 27.4 Å². The largest absolute Gasteiger partial charge is 0.726 e. The Morgan fingerprint density at radius 3 is 1.41 bits per heavy atom. The first kappa shape index (κ1) is 31.8. The van der Waals surface area contributed by atoms with Crippen LogP contribution in [0.15, 0.2) is 50.4 Å². The van der Waals surface area contributed by atoms with Crippen molar-refractivity contribution in [2.24, 2.45) is 0 Å². The molecule has 2 aliphatic rings. The molecule has 0 aromatic rings. The molecule has 1 N–H and O–H groups in total. The number of carboxylic acids is 1. The molecular formula is C18H31F3N4O6S. The van der Waals surface area contributed by atoms with E-state index in [1.807, 2.05) is 12.4 Å². The predicted octanol–water partition coefficient (Wildman–Crippen LogP) is 0.985. The molecule has 0 saturated heterocycles. The van der Waals surface area contributed by atoms with Gasteiger partial charge in [0.15, 0.2) is 13.3 Å². The molecule has 0 fully saturated rings. The van der Waals surface area contributed by atoms with Crippen LogP contribution in [0, 0.1) is 0 Å². The summed E-state index contributed by atoms with van der Waals surface area (Å²) in [5, 5.41) is 8.78. The zero-order chi connectivity index (χ0) is 25.8. The molecule has 0 aromatic carbocycles. The topological polar surface area (TPSA) is 124 Å². The Bertz CT molecular complexity index is 742. The van der Waals surface area contributed by atoms with Gasteiger partial charge in [-0.25, -0.2) is 8.42 Å². The number of carboxylic acid groups (broad SMARTS) is 1. The number of carbonyl (C=O) groups is 1. The Morgan fingerprint density at radius 1 is 1.06 bits per heavy atom. The summed E-state index contributed by atoms with van der Waals surface area (Å²) in [5.74, 6) is -3.01. The second kappa shape index (κ2) is 13.2. The number of hydrogen-bond donors (Lipinski definition) is 1. The van der Waals surface area contributed by atoms with E-state index in [1.165, 1.54) is 0 Å². The molecule has 2 heterocycles. The molecular weight excluding hydrogens is 457 g/mol. The molecule has 186 valence electrons. The van der Waals surface area contributed by atoms with Crippen molar-refractivity contribution in [3.05, 3.63) is 50.4 Å². The normalized spacial score (nSPS) is 23.8. The average molecular weight is 489 g/mol. The zero-order valence-electron chi connectivity index (χ0n) is 18.5. The smallest absolute Gasteiger partial charge is 0.430 e. The second-order valence-electron chi connectivity index (χ2n) is 6.96. The Labute approximate surface area is 187 Å². The summed E-state index contributed by atoms with van der Waals surface area (Å²) in [4.78, 5) is 13.3. The highest BCUT2D eigenvalue weighted by atomic mass is 32.3. The molecule has 2 atom stereocenters. The molecule has 0 bridgehead atoms. The number of rotatable bonds is 4. The molecule has 2 rings (SSSR count). The van der Waals surface area contributed by atoms with Gasteiger partial charge in [-0.05, 0) is 27.0 Å². The number of hydrogen-bond acceptors (Lipinski definition) is 7. The molecule has 14 heteroatoms.